The van der Waals surface area contributed by atoms with Crippen molar-refractivity contribution in [3.8, 4) is 11.5 Å². The number of ether oxygens (including phenoxy) is 3. The quantitative estimate of drug-likeness (QED) is 0.497. The van der Waals surface area contributed by atoms with Crippen LogP contribution >= 0.6 is 15.9 Å². The van der Waals surface area contributed by atoms with Gasteiger partial charge in [0.15, 0.2) is 12.7 Å². The van der Waals surface area contributed by atoms with Gasteiger partial charge in [0.05, 0.1) is 11.6 Å². The second-order valence-electron chi connectivity index (χ2n) is 6.55. The third kappa shape index (κ3) is 5.30. The van der Waals surface area contributed by atoms with E-state index in [1.54, 1.807) is 13.2 Å². The standard InChI is InChI=1S/C23H22BrNO5/c1-15(23(27)25-13-17-8-4-6-10-19(17)28-2)30-21(26)14-29-20-12-11-16-7-3-5-9-18(16)22(20)24/h3-12,15H,13-14H2,1-2H3,(H,25,27). The number of esters is 1. The molecule has 6 nitrogen and oxygen atoms in total. The average molecular weight is 472 g/mol. The number of nitrogens with one attached hydrogen (secondary N) is 1. The van der Waals surface area contributed by atoms with Crippen molar-refractivity contribution in [1.82, 2.24) is 5.32 Å². The van der Waals surface area contributed by atoms with Crippen molar-refractivity contribution in [3.05, 3.63) is 70.7 Å². The van der Waals surface area contributed by atoms with Crippen molar-refractivity contribution in [2.75, 3.05) is 13.7 Å². The summed E-state index contributed by atoms with van der Waals surface area (Å²) >= 11 is 3.51. The lowest BCUT2D eigenvalue weighted by Gasteiger charge is -2.15. The number of hydrogen-bond acceptors (Lipinski definition) is 5. The molecule has 30 heavy (non-hydrogen) atoms. The summed E-state index contributed by atoms with van der Waals surface area (Å²) in [7, 11) is 1.57. The molecule has 1 amide bonds. The SMILES string of the molecule is COc1ccccc1CNC(=O)C(C)OC(=O)COc1ccc2ccccc2c1Br. The number of benzene rings is 3. The van der Waals surface area contributed by atoms with Gasteiger partial charge in [0.1, 0.15) is 11.5 Å². The molecule has 0 spiro atoms. The van der Waals surface area contributed by atoms with Gasteiger partial charge >= 0.3 is 5.97 Å². The van der Waals surface area contributed by atoms with Crippen molar-refractivity contribution >= 4 is 38.6 Å². The summed E-state index contributed by atoms with van der Waals surface area (Å²) in [4.78, 5) is 24.4. The molecule has 0 heterocycles. The summed E-state index contributed by atoms with van der Waals surface area (Å²) in [6.07, 6.45) is -0.948. The van der Waals surface area contributed by atoms with E-state index >= 15 is 0 Å². The van der Waals surface area contributed by atoms with Gasteiger partial charge in [-0.15, -0.1) is 0 Å². The van der Waals surface area contributed by atoms with Crippen LogP contribution in [0.2, 0.25) is 0 Å². The lowest BCUT2D eigenvalue weighted by Crippen LogP contribution is -2.36. The van der Waals surface area contributed by atoms with Gasteiger partial charge in [-0.1, -0.05) is 48.5 Å². The molecule has 0 radical (unpaired) electrons. The molecular weight excluding hydrogens is 450 g/mol. The smallest absolute Gasteiger partial charge is 0.344 e. The monoisotopic (exact) mass is 471 g/mol. The van der Waals surface area contributed by atoms with Crippen LogP contribution in [-0.4, -0.2) is 31.7 Å². The molecule has 3 aromatic carbocycles. The first kappa shape index (κ1) is 21.6. The van der Waals surface area contributed by atoms with Crippen LogP contribution in [0.4, 0.5) is 0 Å². The van der Waals surface area contributed by atoms with Gasteiger partial charge in [-0.25, -0.2) is 4.79 Å². The number of carbonyl (C=O) groups is 2. The molecule has 3 rings (SSSR count). The van der Waals surface area contributed by atoms with Crippen LogP contribution < -0.4 is 14.8 Å². The topological polar surface area (TPSA) is 73.9 Å². The number of para-hydroxylation sites is 1. The van der Waals surface area contributed by atoms with Gasteiger partial charge in [-0.3, -0.25) is 4.79 Å². The van der Waals surface area contributed by atoms with Gasteiger partial charge in [0.2, 0.25) is 0 Å². The molecule has 0 aliphatic heterocycles. The number of fused-ring (bicyclic) bond motifs is 1. The van der Waals surface area contributed by atoms with Crippen LogP contribution in [0.25, 0.3) is 10.8 Å². The Morgan fingerprint density at radius 3 is 2.53 bits per heavy atom. The highest BCUT2D eigenvalue weighted by atomic mass is 79.9. The lowest BCUT2D eigenvalue weighted by atomic mass is 10.1. The number of hydrogen-bond donors (Lipinski definition) is 1. The zero-order valence-electron chi connectivity index (χ0n) is 16.7. The first-order chi connectivity index (χ1) is 14.5. The molecule has 0 saturated heterocycles. The first-order valence-electron chi connectivity index (χ1n) is 9.38. The fourth-order valence-electron chi connectivity index (χ4n) is 2.92. The third-order valence-electron chi connectivity index (χ3n) is 4.50. The molecular formula is C23H22BrNO5. The molecule has 0 aromatic heterocycles. The molecule has 3 aromatic rings. The normalized spacial score (nSPS) is 11.6. The van der Waals surface area contributed by atoms with Gasteiger partial charge < -0.3 is 19.5 Å². The molecule has 0 aliphatic rings. The molecule has 1 N–H and O–H groups in total. The molecule has 156 valence electrons. The molecule has 1 atom stereocenters. The van der Waals surface area contributed by atoms with E-state index in [9.17, 15) is 9.59 Å². The Hall–Kier alpha value is -3.06. The minimum Gasteiger partial charge on any atom is -0.496 e. The predicted octanol–water partition coefficient (Wildman–Crippen LogP) is 4.24. The van der Waals surface area contributed by atoms with E-state index in [-0.39, 0.29) is 13.2 Å². The first-order valence-corrected chi connectivity index (χ1v) is 10.2. The van der Waals surface area contributed by atoms with Crippen molar-refractivity contribution in [2.45, 2.75) is 19.6 Å². The van der Waals surface area contributed by atoms with E-state index in [1.165, 1.54) is 6.92 Å². The van der Waals surface area contributed by atoms with Crippen molar-refractivity contribution in [1.29, 1.82) is 0 Å². The highest BCUT2D eigenvalue weighted by molar-refractivity contribution is 9.10. The van der Waals surface area contributed by atoms with Crippen LogP contribution in [0.15, 0.2) is 65.1 Å². The molecule has 1 unspecified atom stereocenters. The second-order valence-corrected chi connectivity index (χ2v) is 7.34. The molecule has 0 fully saturated rings. The van der Waals surface area contributed by atoms with Gasteiger partial charge in [0, 0.05) is 12.1 Å². The fourth-order valence-corrected chi connectivity index (χ4v) is 3.53. The van der Waals surface area contributed by atoms with E-state index in [0.29, 0.717) is 11.5 Å². The predicted molar refractivity (Wildman–Crippen MR) is 118 cm³/mol. The van der Waals surface area contributed by atoms with Crippen molar-refractivity contribution < 1.29 is 23.8 Å². The summed E-state index contributed by atoms with van der Waals surface area (Å²) in [6, 6.07) is 18.9. The number of amides is 1. The zero-order valence-corrected chi connectivity index (χ0v) is 18.3. The third-order valence-corrected chi connectivity index (χ3v) is 5.31. The summed E-state index contributed by atoms with van der Waals surface area (Å²) in [5, 5.41) is 4.77. The molecule has 0 bridgehead atoms. The summed E-state index contributed by atoms with van der Waals surface area (Å²) < 4.78 is 16.8. The Labute approximate surface area is 183 Å². The maximum Gasteiger partial charge on any atom is 0.344 e. The maximum atomic E-state index is 12.2. The number of carbonyl (C=O) groups excluding carboxylic acids is 2. The number of rotatable bonds is 8. The van der Waals surface area contributed by atoms with E-state index < -0.39 is 18.0 Å². The number of methoxy groups -OCH3 is 1. The maximum absolute atomic E-state index is 12.2. The van der Waals surface area contributed by atoms with Gasteiger partial charge in [-0.2, -0.15) is 0 Å². The van der Waals surface area contributed by atoms with E-state index in [4.69, 9.17) is 14.2 Å². The van der Waals surface area contributed by atoms with Crippen LogP contribution in [0.3, 0.4) is 0 Å². The summed E-state index contributed by atoms with van der Waals surface area (Å²) in [5.74, 6) is 0.173. The zero-order chi connectivity index (χ0) is 21.5. The molecule has 0 aliphatic carbocycles. The highest BCUT2D eigenvalue weighted by Crippen LogP contribution is 2.33. The Bertz CT molecular complexity index is 1050. The second kappa shape index (κ2) is 10.1. The molecule has 0 saturated carbocycles. The number of halogens is 1. The Balaban J connectivity index is 1.50. The Kier molecular flexibility index (Phi) is 7.30. The van der Waals surface area contributed by atoms with Crippen LogP contribution in [-0.2, 0) is 20.9 Å². The van der Waals surface area contributed by atoms with E-state index in [1.807, 2.05) is 54.6 Å². The minimum absolute atomic E-state index is 0.269. The van der Waals surface area contributed by atoms with Gasteiger partial charge in [0.25, 0.3) is 5.91 Å². The highest BCUT2D eigenvalue weighted by Gasteiger charge is 2.19. The largest absolute Gasteiger partial charge is 0.496 e. The summed E-state index contributed by atoms with van der Waals surface area (Å²) in [5.41, 5.74) is 0.830. The average Bonchev–Trinajstić information content (AvgIpc) is 2.77. The van der Waals surface area contributed by atoms with Gasteiger partial charge in [-0.05, 0) is 45.8 Å². The van der Waals surface area contributed by atoms with Crippen LogP contribution in [0, 0.1) is 0 Å². The summed E-state index contributed by atoms with van der Waals surface area (Å²) in [6.45, 7) is 1.48. The minimum atomic E-state index is -0.948. The van der Waals surface area contributed by atoms with Crippen molar-refractivity contribution in [3.63, 3.8) is 0 Å². The van der Waals surface area contributed by atoms with E-state index in [2.05, 4.69) is 21.2 Å². The van der Waals surface area contributed by atoms with Crippen LogP contribution in [0.1, 0.15) is 12.5 Å². The van der Waals surface area contributed by atoms with Crippen LogP contribution in [0.5, 0.6) is 11.5 Å². The fraction of sp³-hybridized carbons (Fsp3) is 0.217. The Morgan fingerprint density at radius 2 is 1.73 bits per heavy atom. The Morgan fingerprint density at radius 1 is 1.00 bits per heavy atom. The molecule has 7 heteroatoms. The van der Waals surface area contributed by atoms with Crippen molar-refractivity contribution in [2.24, 2.45) is 0 Å². The van der Waals surface area contributed by atoms with E-state index in [0.717, 1.165) is 20.8 Å². The lowest BCUT2D eigenvalue weighted by molar-refractivity contribution is -0.156.